The summed E-state index contributed by atoms with van der Waals surface area (Å²) in [6.45, 7) is 3.02. The Morgan fingerprint density at radius 3 is 2.47 bits per heavy atom. The normalized spacial score (nSPS) is 18.0. The van der Waals surface area contributed by atoms with Crippen LogP contribution < -0.4 is 5.32 Å². The molecule has 166 valence electrons. The largest absolute Gasteiger partial charge is 0.329 e. The van der Waals surface area contributed by atoms with Crippen LogP contribution in [-0.4, -0.2) is 59.0 Å². The van der Waals surface area contributed by atoms with Crippen molar-refractivity contribution in [2.24, 2.45) is 0 Å². The van der Waals surface area contributed by atoms with Gasteiger partial charge in [0.1, 0.15) is 5.82 Å². The summed E-state index contributed by atoms with van der Waals surface area (Å²) in [5, 5.41) is 4.38. The van der Waals surface area contributed by atoms with Crippen LogP contribution in [0.2, 0.25) is 5.02 Å². The number of urea groups is 1. The fourth-order valence-corrected chi connectivity index (χ4v) is 4.93. The molecule has 2 fully saturated rings. The first kappa shape index (κ1) is 21.0. The lowest BCUT2D eigenvalue weighted by atomic mass is 9.89. The summed E-state index contributed by atoms with van der Waals surface area (Å²) in [5.41, 5.74) is 3.22. The third-order valence-corrected chi connectivity index (χ3v) is 6.74. The zero-order valence-corrected chi connectivity index (χ0v) is 18.3. The standard InChI is InChI=1S/C24H24ClFN4O2/c25-17-1-6-22-20(13-17)21(15-30(22)19-4-2-18(26)3-5-19)16-7-9-28(10-8-16)11-12-29-23(31)14-27-24(29)32/h1-6,13,15-16H,7-12,14H2,(H,27,32). The van der Waals surface area contributed by atoms with Gasteiger partial charge in [-0.1, -0.05) is 11.6 Å². The Balaban J connectivity index is 1.33. The number of aromatic nitrogens is 1. The number of likely N-dealkylation sites (tertiary alicyclic amines) is 1. The molecule has 0 spiro atoms. The first-order valence-electron chi connectivity index (χ1n) is 10.9. The Labute approximate surface area is 190 Å². The molecule has 8 heteroatoms. The summed E-state index contributed by atoms with van der Waals surface area (Å²) in [6, 6.07) is 12.1. The lowest BCUT2D eigenvalue weighted by Gasteiger charge is -2.32. The summed E-state index contributed by atoms with van der Waals surface area (Å²) in [4.78, 5) is 27.1. The van der Waals surface area contributed by atoms with Gasteiger partial charge in [0.15, 0.2) is 0 Å². The highest BCUT2D eigenvalue weighted by atomic mass is 35.5. The second-order valence-electron chi connectivity index (χ2n) is 8.41. The third-order valence-electron chi connectivity index (χ3n) is 6.51. The van der Waals surface area contributed by atoms with Crippen LogP contribution in [0.25, 0.3) is 16.6 Å². The van der Waals surface area contributed by atoms with Crippen LogP contribution in [-0.2, 0) is 4.79 Å². The van der Waals surface area contributed by atoms with Gasteiger partial charge in [0.2, 0.25) is 5.91 Å². The predicted octanol–water partition coefficient (Wildman–Crippen LogP) is 4.15. The number of hydrogen-bond donors (Lipinski definition) is 1. The van der Waals surface area contributed by atoms with Gasteiger partial charge >= 0.3 is 6.03 Å². The van der Waals surface area contributed by atoms with Crippen LogP contribution in [0.1, 0.15) is 24.3 Å². The smallest absolute Gasteiger partial charge is 0.324 e. The Hall–Kier alpha value is -2.90. The molecule has 3 amide bonds. The SMILES string of the molecule is O=C1CNC(=O)N1CCN1CCC(c2cn(-c3ccc(F)cc3)c3ccc(Cl)cc23)CC1. The highest BCUT2D eigenvalue weighted by Crippen LogP contribution is 2.37. The van der Waals surface area contributed by atoms with Gasteiger partial charge in [-0.2, -0.15) is 0 Å². The van der Waals surface area contributed by atoms with E-state index in [9.17, 15) is 14.0 Å². The predicted molar refractivity (Wildman–Crippen MR) is 122 cm³/mol. The molecule has 5 rings (SSSR count). The van der Waals surface area contributed by atoms with E-state index in [1.54, 1.807) is 12.1 Å². The fourth-order valence-electron chi connectivity index (χ4n) is 4.76. The average Bonchev–Trinajstić information content (AvgIpc) is 3.32. The molecule has 0 unspecified atom stereocenters. The lowest BCUT2D eigenvalue weighted by Crippen LogP contribution is -2.41. The van der Waals surface area contributed by atoms with Crippen molar-refractivity contribution < 1.29 is 14.0 Å². The number of piperidine rings is 1. The monoisotopic (exact) mass is 454 g/mol. The lowest BCUT2D eigenvalue weighted by molar-refractivity contribution is -0.125. The van der Waals surface area contributed by atoms with Crippen molar-refractivity contribution in [2.75, 3.05) is 32.7 Å². The third kappa shape index (κ3) is 3.98. The van der Waals surface area contributed by atoms with E-state index in [2.05, 4.69) is 21.0 Å². The van der Waals surface area contributed by atoms with Crippen molar-refractivity contribution in [3.8, 4) is 5.69 Å². The number of nitrogens with one attached hydrogen (secondary N) is 1. The van der Waals surface area contributed by atoms with Crippen molar-refractivity contribution in [3.05, 3.63) is 65.1 Å². The number of amides is 3. The summed E-state index contributed by atoms with van der Waals surface area (Å²) in [7, 11) is 0. The van der Waals surface area contributed by atoms with Crippen molar-refractivity contribution in [1.82, 2.24) is 19.7 Å². The zero-order chi connectivity index (χ0) is 22.2. The van der Waals surface area contributed by atoms with Gasteiger partial charge in [0.05, 0.1) is 12.1 Å². The number of imide groups is 1. The number of fused-ring (bicyclic) bond motifs is 1. The second kappa shape index (κ2) is 8.56. The number of hydrogen-bond acceptors (Lipinski definition) is 3. The van der Waals surface area contributed by atoms with E-state index in [1.165, 1.54) is 22.6 Å². The van der Waals surface area contributed by atoms with Gasteiger partial charge in [-0.25, -0.2) is 9.18 Å². The number of carbonyl (C=O) groups is 2. The molecule has 1 N–H and O–H groups in total. The van der Waals surface area contributed by atoms with E-state index in [0.717, 1.165) is 42.5 Å². The Bertz CT molecular complexity index is 1150. The Morgan fingerprint density at radius 1 is 1.03 bits per heavy atom. The molecule has 0 radical (unpaired) electrons. The number of nitrogens with zero attached hydrogens (tertiary/aromatic N) is 3. The summed E-state index contributed by atoms with van der Waals surface area (Å²) < 4.78 is 15.5. The van der Waals surface area contributed by atoms with Gasteiger partial charge in [-0.3, -0.25) is 9.69 Å². The highest BCUT2D eigenvalue weighted by Gasteiger charge is 2.29. The molecule has 32 heavy (non-hydrogen) atoms. The molecule has 0 saturated carbocycles. The number of carbonyl (C=O) groups excluding carboxylic acids is 2. The summed E-state index contributed by atoms with van der Waals surface area (Å²) in [5.74, 6) is -0.0324. The molecule has 0 atom stereocenters. The van der Waals surface area contributed by atoms with Crippen LogP contribution >= 0.6 is 11.6 Å². The van der Waals surface area contributed by atoms with Gasteiger partial charge in [-0.05, 0) is 79.9 Å². The molecule has 2 aromatic carbocycles. The van der Waals surface area contributed by atoms with Crippen LogP contribution in [0.15, 0.2) is 48.7 Å². The molecule has 2 saturated heterocycles. The molecule has 3 aromatic rings. The Morgan fingerprint density at radius 2 is 1.78 bits per heavy atom. The molecular formula is C24H24ClFN4O2. The number of benzene rings is 2. The van der Waals surface area contributed by atoms with Gasteiger partial charge in [0, 0.05) is 35.4 Å². The minimum Gasteiger partial charge on any atom is -0.329 e. The second-order valence-corrected chi connectivity index (χ2v) is 8.85. The van der Waals surface area contributed by atoms with E-state index in [0.29, 0.717) is 24.0 Å². The molecule has 6 nitrogen and oxygen atoms in total. The maximum absolute atomic E-state index is 13.4. The summed E-state index contributed by atoms with van der Waals surface area (Å²) in [6.07, 6.45) is 4.12. The maximum Gasteiger partial charge on any atom is 0.324 e. The van der Waals surface area contributed by atoms with E-state index < -0.39 is 0 Å². The van der Waals surface area contributed by atoms with E-state index in [4.69, 9.17) is 11.6 Å². The van der Waals surface area contributed by atoms with E-state index in [-0.39, 0.29) is 24.3 Å². The van der Waals surface area contributed by atoms with E-state index >= 15 is 0 Å². The highest BCUT2D eigenvalue weighted by molar-refractivity contribution is 6.31. The van der Waals surface area contributed by atoms with Crippen molar-refractivity contribution >= 4 is 34.4 Å². The Kier molecular flexibility index (Phi) is 5.61. The van der Waals surface area contributed by atoms with Crippen molar-refractivity contribution in [3.63, 3.8) is 0 Å². The van der Waals surface area contributed by atoms with Crippen LogP contribution in [0.3, 0.4) is 0 Å². The first-order valence-corrected chi connectivity index (χ1v) is 11.2. The molecule has 0 bridgehead atoms. The topological polar surface area (TPSA) is 57.6 Å². The van der Waals surface area contributed by atoms with Crippen molar-refractivity contribution in [1.29, 1.82) is 0 Å². The minimum atomic E-state index is -0.296. The summed E-state index contributed by atoms with van der Waals surface area (Å²) >= 11 is 6.32. The van der Waals surface area contributed by atoms with Gasteiger partial charge in [-0.15, -0.1) is 0 Å². The van der Waals surface area contributed by atoms with Crippen LogP contribution in [0, 0.1) is 5.82 Å². The molecule has 2 aliphatic heterocycles. The van der Waals surface area contributed by atoms with Gasteiger partial charge < -0.3 is 14.8 Å². The van der Waals surface area contributed by atoms with Crippen LogP contribution in [0.5, 0.6) is 0 Å². The molecule has 0 aliphatic carbocycles. The molecular weight excluding hydrogens is 431 g/mol. The van der Waals surface area contributed by atoms with Gasteiger partial charge in [0.25, 0.3) is 0 Å². The quantitative estimate of drug-likeness (QED) is 0.589. The number of rotatable bonds is 5. The fraction of sp³-hybridized carbons (Fsp3) is 0.333. The van der Waals surface area contributed by atoms with Crippen LogP contribution in [0.4, 0.5) is 9.18 Å². The first-order chi connectivity index (χ1) is 15.5. The zero-order valence-electron chi connectivity index (χ0n) is 17.6. The molecule has 3 heterocycles. The maximum atomic E-state index is 13.4. The molecule has 2 aliphatic rings. The average molecular weight is 455 g/mol. The van der Waals surface area contributed by atoms with Crippen molar-refractivity contribution in [2.45, 2.75) is 18.8 Å². The number of halogens is 2. The van der Waals surface area contributed by atoms with E-state index in [1.807, 2.05) is 18.2 Å². The minimum absolute atomic E-state index is 0.0988. The molecule has 1 aromatic heterocycles.